The van der Waals surface area contributed by atoms with Gasteiger partial charge in [0.25, 0.3) is 0 Å². The number of aromatic nitrogens is 2. The highest BCUT2D eigenvalue weighted by molar-refractivity contribution is 7.18. The second kappa shape index (κ2) is 8.92. The maximum absolute atomic E-state index is 13.1. The van der Waals surface area contributed by atoms with E-state index < -0.39 is 12.0 Å². The summed E-state index contributed by atoms with van der Waals surface area (Å²) in [6, 6.07) is 10.7. The van der Waals surface area contributed by atoms with Crippen LogP contribution < -0.4 is 5.32 Å². The monoisotopic (exact) mass is 433 g/mol. The average molecular weight is 434 g/mol. The minimum atomic E-state index is -4.55. The zero-order valence-corrected chi connectivity index (χ0v) is 17.9. The molecule has 2 aromatic heterocycles. The van der Waals surface area contributed by atoms with Crippen molar-refractivity contribution < 1.29 is 13.2 Å². The van der Waals surface area contributed by atoms with Crippen LogP contribution in [-0.2, 0) is 12.6 Å². The SMILES string of the molecule is Cc1cc2c(NCCCc3ccc(C4CCCCC4)cc3)nc(C(F)(F)F)nc2s1. The van der Waals surface area contributed by atoms with Crippen LogP contribution in [0.25, 0.3) is 10.2 Å². The van der Waals surface area contributed by atoms with Gasteiger partial charge in [-0.3, -0.25) is 0 Å². The predicted molar refractivity (Wildman–Crippen MR) is 116 cm³/mol. The molecule has 0 amide bonds. The maximum Gasteiger partial charge on any atom is 0.451 e. The predicted octanol–water partition coefficient (Wildman–Crippen LogP) is 7.11. The van der Waals surface area contributed by atoms with E-state index in [0.29, 0.717) is 22.7 Å². The maximum atomic E-state index is 13.1. The number of benzene rings is 1. The molecule has 0 radical (unpaired) electrons. The van der Waals surface area contributed by atoms with E-state index in [2.05, 4.69) is 39.6 Å². The number of rotatable bonds is 6. The number of halogens is 3. The van der Waals surface area contributed by atoms with Crippen molar-refractivity contribution in [2.45, 2.75) is 64.0 Å². The molecule has 4 rings (SSSR count). The largest absolute Gasteiger partial charge is 0.451 e. The Balaban J connectivity index is 1.37. The van der Waals surface area contributed by atoms with Crippen LogP contribution in [0.1, 0.15) is 66.3 Å². The number of thiophene rings is 1. The van der Waals surface area contributed by atoms with Gasteiger partial charge < -0.3 is 5.32 Å². The van der Waals surface area contributed by atoms with Gasteiger partial charge in [0.05, 0.1) is 5.39 Å². The number of fused-ring (bicyclic) bond motifs is 1. The van der Waals surface area contributed by atoms with Gasteiger partial charge in [-0.1, -0.05) is 43.5 Å². The zero-order chi connectivity index (χ0) is 21.1. The van der Waals surface area contributed by atoms with Gasteiger partial charge in [-0.2, -0.15) is 13.2 Å². The highest BCUT2D eigenvalue weighted by Gasteiger charge is 2.35. The summed E-state index contributed by atoms with van der Waals surface area (Å²) in [6.45, 7) is 2.42. The molecule has 1 aliphatic rings. The molecule has 7 heteroatoms. The Labute approximate surface area is 178 Å². The number of hydrogen-bond donors (Lipinski definition) is 1. The van der Waals surface area contributed by atoms with Crippen LogP contribution in [0.2, 0.25) is 0 Å². The number of hydrogen-bond acceptors (Lipinski definition) is 4. The van der Waals surface area contributed by atoms with E-state index in [1.54, 1.807) is 0 Å². The third-order valence-corrected chi connectivity index (χ3v) is 6.70. The molecule has 0 aliphatic heterocycles. The quantitative estimate of drug-likeness (QED) is 0.421. The molecule has 1 aliphatic carbocycles. The standard InChI is InChI=1S/C23H26F3N3S/c1-15-14-19-20(28-22(23(24,25)26)29-21(19)30-15)27-13-5-6-16-9-11-18(12-10-16)17-7-3-2-4-8-17/h9-12,14,17H,2-8,13H2,1H3,(H,27,28,29). The Morgan fingerprint density at radius 2 is 1.80 bits per heavy atom. The zero-order valence-electron chi connectivity index (χ0n) is 17.1. The van der Waals surface area contributed by atoms with Crippen molar-refractivity contribution in [3.05, 3.63) is 52.2 Å². The van der Waals surface area contributed by atoms with Crippen molar-refractivity contribution in [1.29, 1.82) is 0 Å². The minimum absolute atomic E-state index is 0.268. The van der Waals surface area contributed by atoms with E-state index >= 15 is 0 Å². The summed E-state index contributed by atoms with van der Waals surface area (Å²) >= 11 is 1.25. The number of anilines is 1. The van der Waals surface area contributed by atoms with Crippen molar-refractivity contribution in [2.24, 2.45) is 0 Å². The first kappa shape index (κ1) is 21.1. The van der Waals surface area contributed by atoms with E-state index in [1.807, 2.05) is 13.0 Å². The van der Waals surface area contributed by atoms with E-state index in [9.17, 15) is 13.2 Å². The minimum Gasteiger partial charge on any atom is -0.369 e. The van der Waals surface area contributed by atoms with Crippen LogP contribution in [-0.4, -0.2) is 16.5 Å². The van der Waals surface area contributed by atoms with Crippen LogP contribution in [0.5, 0.6) is 0 Å². The van der Waals surface area contributed by atoms with Gasteiger partial charge in [0.2, 0.25) is 5.82 Å². The molecule has 1 aromatic carbocycles. The highest BCUT2D eigenvalue weighted by Crippen LogP contribution is 2.34. The summed E-state index contributed by atoms with van der Waals surface area (Å²) in [4.78, 5) is 8.73. The molecule has 0 unspecified atom stereocenters. The van der Waals surface area contributed by atoms with Gasteiger partial charge in [0.15, 0.2) is 0 Å². The first-order valence-corrected chi connectivity index (χ1v) is 11.4. The number of alkyl halides is 3. The lowest BCUT2D eigenvalue weighted by Crippen LogP contribution is -2.13. The third-order valence-electron chi connectivity index (χ3n) is 5.76. The Kier molecular flexibility index (Phi) is 6.27. The Bertz CT molecular complexity index is 989. The molecule has 3 nitrogen and oxygen atoms in total. The Morgan fingerprint density at radius 3 is 2.50 bits per heavy atom. The van der Waals surface area contributed by atoms with Crippen molar-refractivity contribution in [3.8, 4) is 0 Å². The van der Waals surface area contributed by atoms with Crippen molar-refractivity contribution in [1.82, 2.24) is 9.97 Å². The molecule has 2 heterocycles. The first-order valence-electron chi connectivity index (χ1n) is 10.6. The first-order chi connectivity index (χ1) is 14.4. The topological polar surface area (TPSA) is 37.8 Å². The van der Waals surface area contributed by atoms with Crippen LogP contribution >= 0.6 is 11.3 Å². The van der Waals surface area contributed by atoms with Gasteiger partial charge >= 0.3 is 6.18 Å². The fourth-order valence-corrected chi connectivity index (χ4v) is 5.07. The highest BCUT2D eigenvalue weighted by atomic mass is 32.1. The summed E-state index contributed by atoms with van der Waals surface area (Å²) in [6.07, 6.45) is 3.73. The smallest absolute Gasteiger partial charge is 0.369 e. The summed E-state index contributed by atoms with van der Waals surface area (Å²) in [5, 5.41) is 3.76. The van der Waals surface area contributed by atoms with Gasteiger partial charge in [-0.05, 0) is 55.7 Å². The summed E-state index contributed by atoms with van der Waals surface area (Å²) in [5.41, 5.74) is 2.69. The lowest BCUT2D eigenvalue weighted by Gasteiger charge is -2.22. The summed E-state index contributed by atoms with van der Waals surface area (Å²) in [5.74, 6) is -0.117. The molecule has 0 saturated heterocycles. The van der Waals surface area contributed by atoms with Crippen molar-refractivity contribution in [2.75, 3.05) is 11.9 Å². The molecular weight excluding hydrogens is 407 g/mol. The van der Waals surface area contributed by atoms with E-state index in [4.69, 9.17) is 0 Å². The Morgan fingerprint density at radius 1 is 1.07 bits per heavy atom. The second-order valence-corrected chi connectivity index (χ2v) is 9.31. The normalized spacial score (nSPS) is 15.6. The lowest BCUT2D eigenvalue weighted by molar-refractivity contribution is -0.144. The van der Waals surface area contributed by atoms with E-state index in [-0.39, 0.29) is 5.82 Å². The molecule has 30 heavy (non-hydrogen) atoms. The van der Waals surface area contributed by atoms with Crippen molar-refractivity contribution >= 4 is 27.4 Å². The second-order valence-electron chi connectivity index (χ2n) is 8.08. The summed E-state index contributed by atoms with van der Waals surface area (Å²) < 4.78 is 39.4. The van der Waals surface area contributed by atoms with Gasteiger partial charge in [0.1, 0.15) is 10.6 Å². The fraction of sp³-hybridized carbons (Fsp3) is 0.478. The molecule has 160 valence electrons. The number of aryl methyl sites for hydroxylation is 2. The van der Waals surface area contributed by atoms with Crippen LogP contribution in [0, 0.1) is 6.92 Å². The fourth-order valence-electron chi connectivity index (χ4n) is 4.20. The molecule has 3 aromatic rings. The lowest BCUT2D eigenvalue weighted by atomic mass is 9.84. The van der Waals surface area contributed by atoms with Gasteiger partial charge in [-0.15, -0.1) is 11.3 Å². The average Bonchev–Trinajstić information content (AvgIpc) is 3.12. The Hall–Kier alpha value is -2.15. The molecule has 1 N–H and O–H groups in total. The molecule has 0 spiro atoms. The van der Waals surface area contributed by atoms with Gasteiger partial charge in [-0.25, -0.2) is 9.97 Å². The molecule has 1 fully saturated rings. The van der Waals surface area contributed by atoms with Crippen LogP contribution in [0.4, 0.5) is 19.0 Å². The number of nitrogens with one attached hydrogen (secondary N) is 1. The van der Waals surface area contributed by atoms with Crippen LogP contribution in [0.15, 0.2) is 30.3 Å². The van der Waals surface area contributed by atoms with Crippen LogP contribution in [0.3, 0.4) is 0 Å². The molecule has 1 saturated carbocycles. The number of nitrogens with zero attached hydrogens (tertiary/aromatic N) is 2. The van der Waals surface area contributed by atoms with E-state index in [0.717, 1.165) is 17.7 Å². The van der Waals surface area contributed by atoms with Gasteiger partial charge in [0, 0.05) is 11.4 Å². The molecule has 0 atom stereocenters. The molecular formula is C23H26F3N3S. The van der Waals surface area contributed by atoms with E-state index in [1.165, 1.54) is 54.6 Å². The molecule has 0 bridgehead atoms. The summed E-state index contributed by atoms with van der Waals surface area (Å²) in [7, 11) is 0. The third kappa shape index (κ3) is 4.94. The van der Waals surface area contributed by atoms with Crippen molar-refractivity contribution in [3.63, 3.8) is 0 Å².